The first kappa shape index (κ1) is 13.1. The van der Waals surface area contributed by atoms with Crippen LogP contribution < -0.4 is 4.74 Å². The van der Waals surface area contributed by atoms with Crippen molar-refractivity contribution in [2.45, 2.75) is 0 Å². The molecule has 1 aromatic carbocycles. The van der Waals surface area contributed by atoms with Gasteiger partial charge in [0.2, 0.25) is 0 Å². The van der Waals surface area contributed by atoms with E-state index in [1.54, 1.807) is 0 Å². The number of piperazine rings is 1. The standard InChI is InChI=1S/C14H20N2O2/c17-12-10-15-6-8-16(9-7-15)11-13-18-14-4-2-1-3-5-14/h1-5,12H,6-11,13H2. The second-order valence-corrected chi connectivity index (χ2v) is 4.47. The van der Waals surface area contributed by atoms with E-state index in [-0.39, 0.29) is 0 Å². The van der Waals surface area contributed by atoms with E-state index in [0.717, 1.165) is 51.4 Å². The normalized spacial score (nSPS) is 17.6. The molecule has 0 amide bonds. The van der Waals surface area contributed by atoms with Crippen LogP contribution in [-0.2, 0) is 4.79 Å². The maximum Gasteiger partial charge on any atom is 0.133 e. The summed E-state index contributed by atoms with van der Waals surface area (Å²) in [5.74, 6) is 0.928. The van der Waals surface area contributed by atoms with Crippen molar-refractivity contribution in [3.05, 3.63) is 30.3 Å². The predicted octanol–water partition coefficient (Wildman–Crippen LogP) is 0.882. The van der Waals surface area contributed by atoms with Crippen molar-refractivity contribution in [1.29, 1.82) is 0 Å². The third-order valence-corrected chi connectivity index (χ3v) is 3.22. The average molecular weight is 248 g/mol. The minimum atomic E-state index is 0.564. The van der Waals surface area contributed by atoms with E-state index in [1.807, 2.05) is 30.3 Å². The predicted molar refractivity (Wildman–Crippen MR) is 70.9 cm³/mol. The largest absolute Gasteiger partial charge is 0.492 e. The zero-order valence-corrected chi connectivity index (χ0v) is 10.6. The molecule has 4 heteroatoms. The molecular formula is C14H20N2O2. The number of aldehydes is 1. The Morgan fingerprint density at radius 1 is 1.06 bits per heavy atom. The smallest absolute Gasteiger partial charge is 0.133 e. The lowest BCUT2D eigenvalue weighted by molar-refractivity contribution is -0.109. The summed E-state index contributed by atoms with van der Waals surface area (Å²) in [6, 6.07) is 9.89. The summed E-state index contributed by atoms with van der Waals surface area (Å²) in [5.41, 5.74) is 0. The third kappa shape index (κ3) is 4.13. The SMILES string of the molecule is O=CCN1CCN(CCOc2ccccc2)CC1. The lowest BCUT2D eigenvalue weighted by Gasteiger charge is -2.33. The Bertz CT molecular complexity index is 348. The van der Waals surface area contributed by atoms with Crippen LogP contribution >= 0.6 is 0 Å². The van der Waals surface area contributed by atoms with E-state index in [9.17, 15) is 4.79 Å². The summed E-state index contributed by atoms with van der Waals surface area (Å²) in [6.45, 7) is 6.22. The first-order valence-electron chi connectivity index (χ1n) is 6.44. The molecule has 0 spiro atoms. The van der Waals surface area contributed by atoms with Crippen LogP contribution in [0, 0.1) is 0 Å². The van der Waals surface area contributed by atoms with E-state index >= 15 is 0 Å². The molecule has 98 valence electrons. The Morgan fingerprint density at radius 2 is 1.72 bits per heavy atom. The number of ether oxygens (including phenoxy) is 1. The number of hydrogen-bond donors (Lipinski definition) is 0. The topological polar surface area (TPSA) is 32.8 Å². The highest BCUT2D eigenvalue weighted by Gasteiger charge is 2.15. The molecular weight excluding hydrogens is 228 g/mol. The number of nitrogens with zero attached hydrogens (tertiary/aromatic N) is 2. The van der Waals surface area contributed by atoms with Crippen LogP contribution in [0.4, 0.5) is 0 Å². The van der Waals surface area contributed by atoms with Crippen molar-refractivity contribution < 1.29 is 9.53 Å². The van der Waals surface area contributed by atoms with Gasteiger partial charge in [-0.1, -0.05) is 18.2 Å². The molecule has 18 heavy (non-hydrogen) atoms. The van der Waals surface area contributed by atoms with E-state index < -0.39 is 0 Å². The minimum Gasteiger partial charge on any atom is -0.492 e. The zero-order valence-electron chi connectivity index (χ0n) is 10.6. The molecule has 0 bridgehead atoms. The maximum atomic E-state index is 10.4. The van der Waals surface area contributed by atoms with Crippen LogP contribution in [0.2, 0.25) is 0 Å². The molecule has 1 aliphatic heterocycles. The van der Waals surface area contributed by atoms with Crippen LogP contribution in [0.3, 0.4) is 0 Å². The molecule has 0 unspecified atom stereocenters. The highest BCUT2D eigenvalue weighted by Crippen LogP contribution is 2.08. The molecule has 1 saturated heterocycles. The second kappa shape index (κ2) is 7.13. The quantitative estimate of drug-likeness (QED) is 0.700. The van der Waals surface area contributed by atoms with Gasteiger partial charge in [-0.25, -0.2) is 0 Å². The van der Waals surface area contributed by atoms with Gasteiger partial charge in [-0.15, -0.1) is 0 Å². The highest BCUT2D eigenvalue weighted by molar-refractivity contribution is 5.51. The van der Waals surface area contributed by atoms with Crippen LogP contribution in [-0.4, -0.2) is 62.0 Å². The van der Waals surface area contributed by atoms with Crippen LogP contribution in [0.5, 0.6) is 5.75 Å². The van der Waals surface area contributed by atoms with Gasteiger partial charge >= 0.3 is 0 Å². The molecule has 0 atom stereocenters. The fourth-order valence-electron chi connectivity index (χ4n) is 2.11. The minimum absolute atomic E-state index is 0.564. The highest BCUT2D eigenvalue weighted by atomic mass is 16.5. The van der Waals surface area contributed by atoms with Gasteiger partial charge in [0.1, 0.15) is 18.6 Å². The van der Waals surface area contributed by atoms with Crippen LogP contribution in [0.25, 0.3) is 0 Å². The first-order valence-corrected chi connectivity index (χ1v) is 6.44. The van der Waals surface area contributed by atoms with E-state index in [4.69, 9.17) is 4.74 Å². The third-order valence-electron chi connectivity index (χ3n) is 3.22. The average Bonchev–Trinajstić information content (AvgIpc) is 2.42. The second-order valence-electron chi connectivity index (χ2n) is 4.47. The van der Waals surface area contributed by atoms with Crippen molar-refractivity contribution in [3.63, 3.8) is 0 Å². The van der Waals surface area contributed by atoms with Gasteiger partial charge in [0, 0.05) is 32.7 Å². The summed E-state index contributed by atoms with van der Waals surface area (Å²) in [6.07, 6.45) is 0.980. The van der Waals surface area contributed by atoms with Gasteiger partial charge in [0.15, 0.2) is 0 Å². The van der Waals surface area contributed by atoms with Crippen molar-refractivity contribution in [2.24, 2.45) is 0 Å². The van der Waals surface area contributed by atoms with Gasteiger partial charge in [0.05, 0.1) is 6.54 Å². The first-order chi connectivity index (χ1) is 8.88. The lowest BCUT2D eigenvalue weighted by Crippen LogP contribution is -2.47. The van der Waals surface area contributed by atoms with E-state index in [1.165, 1.54) is 0 Å². The fraction of sp³-hybridized carbons (Fsp3) is 0.500. The number of para-hydroxylation sites is 1. The molecule has 0 N–H and O–H groups in total. The number of carbonyl (C=O) groups is 1. The van der Waals surface area contributed by atoms with Crippen molar-refractivity contribution in [3.8, 4) is 5.75 Å². The van der Waals surface area contributed by atoms with Crippen LogP contribution in [0.15, 0.2) is 30.3 Å². The van der Waals surface area contributed by atoms with E-state index in [2.05, 4.69) is 9.80 Å². The Kier molecular flexibility index (Phi) is 5.17. The summed E-state index contributed by atoms with van der Waals surface area (Å²) in [4.78, 5) is 15.0. The van der Waals surface area contributed by atoms with Crippen molar-refractivity contribution in [1.82, 2.24) is 9.80 Å². The van der Waals surface area contributed by atoms with Gasteiger partial charge in [-0.2, -0.15) is 0 Å². The molecule has 0 saturated carbocycles. The molecule has 1 fully saturated rings. The number of carbonyl (C=O) groups excluding carboxylic acids is 1. The zero-order chi connectivity index (χ0) is 12.6. The van der Waals surface area contributed by atoms with E-state index in [0.29, 0.717) is 6.54 Å². The van der Waals surface area contributed by atoms with Crippen molar-refractivity contribution >= 4 is 6.29 Å². The summed E-state index contributed by atoms with van der Waals surface area (Å²) < 4.78 is 5.67. The Hall–Kier alpha value is -1.39. The monoisotopic (exact) mass is 248 g/mol. The number of benzene rings is 1. The molecule has 2 rings (SSSR count). The molecule has 4 nitrogen and oxygen atoms in total. The Balaban J connectivity index is 1.62. The summed E-state index contributed by atoms with van der Waals surface area (Å²) >= 11 is 0. The van der Waals surface area contributed by atoms with Gasteiger partial charge < -0.3 is 9.53 Å². The summed E-state index contributed by atoms with van der Waals surface area (Å²) in [5, 5.41) is 0. The van der Waals surface area contributed by atoms with Crippen molar-refractivity contribution in [2.75, 3.05) is 45.9 Å². The molecule has 0 aliphatic carbocycles. The van der Waals surface area contributed by atoms with Gasteiger partial charge in [-0.05, 0) is 12.1 Å². The van der Waals surface area contributed by atoms with Gasteiger partial charge in [0.25, 0.3) is 0 Å². The molecule has 0 radical (unpaired) electrons. The number of rotatable bonds is 6. The Labute approximate surface area is 108 Å². The molecule has 1 heterocycles. The van der Waals surface area contributed by atoms with Crippen LogP contribution in [0.1, 0.15) is 0 Å². The molecule has 1 aliphatic rings. The fourth-order valence-corrected chi connectivity index (χ4v) is 2.11. The Morgan fingerprint density at radius 3 is 2.39 bits per heavy atom. The summed E-state index contributed by atoms with van der Waals surface area (Å²) in [7, 11) is 0. The lowest BCUT2D eigenvalue weighted by atomic mass is 10.3. The van der Waals surface area contributed by atoms with Gasteiger partial charge in [-0.3, -0.25) is 9.80 Å². The maximum absolute atomic E-state index is 10.4. The molecule has 1 aromatic rings. The molecule has 0 aromatic heterocycles. The number of hydrogen-bond acceptors (Lipinski definition) is 4.